The van der Waals surface area contributed by atoms with Gasteiger partial charge in [0.15, 0.2) is 0 Å². The number of primary sulfonamides is 1. The highest BCUT2D eigenvalue weighted by Crippen LogP contribution is 2.27. The third-order valence-corrected chi connectivity index (χ3v) is 7.94. The number of nitrogens with two attached hydrogens (primary N) is 1. The molecule has 1 aromatic rings. The van der Waals surface area contributed by atoms with Gasteiger partial charge in [-0.1, -0.05) is 52.1 Å². The van der Waals surface area contributed by atoms with Gasteiger partial charge < -0.3 is 5.32 Å². The maximum atomic E-state index is 12.1. The molecular formula is C11H14I2N2O3S. The van der Waals surface area contributed by atoms with E-state index in [1.807, 2.05) is 6.92 Å². The summed E-state index contributed by atoms with van der Waals surface area (Å²) < 4.78 is 22.4. The van der Waals surface area contributed by atoms with E-state index in [2.05, 4.69) is 50.5 Å². The molecule has 0 fully saturated rings. The van der Waals surface area contributed by atoms with E-state index in [1.54, 1.807) is 0 Å². The third-order valence-electron chi connectivity index (χ3n) is 2.62. The van der Waals surface area contributed by atoms with Crippen LogP contribution in [-0.4, -0.2) is 22.2 Å². The molecule has 3 N–H and O–H groups in total. The molecule has 0 saturated heterocycles. The lowest BCUT2D eigenvalue weighted by Crippen LogP contribution is -2.38. The van der Waals surface area contributed by atoms with Gasteiger partial charge in [0.2, 0.25) is 15.9 Å². The van der Waals surface area contributed by atoms with Crippen molar-refractivity contribution in [1.82, 2.24) is 0 Å². The number of nitrogens with one attached hydrogen (secondary N) is 1. The largest absolute Gasteiger partial charge is 0.325 e. The molecule has 0 saturated carbocycles. The van der Waals surface area contributed by atoms with Crippen LogP contribution >= 0.6 is 45.2 Å². The molecule has 1 aromatic carbocycles. The second-order valence-electron chi connectivity index (χ2n) is 3.98. The fourth-order valence-corrected chi connectivity index (χ4v) is 2.82. The molecular weight excluding hydrogens is 494 g/mol. The number of halogens is 2. The van der Waals surface area contributed by atoms with Gasteiger partial charge in [0.1, 0.15) is 3.42 Å². The van der Waals surface area contributed by atoms with Crippen molar-refractivity contribution in [3.63, 3.8) is 0 Å². The first-order valence-electron chi connectivity index (χ1n) is 5.42. The number of benzene rings is 1. The number of carbonyl (C=O) groups excluding carboxylic acids is 1. The Morgan fingerprint density at radius 3 is 2.26 bits per heavy atom. The van der Waals surface area contributed by atoms with Crippen LogP contribution in [0.3, 0.4) is 0 Å². The fraction of sp³-hybridized carbons (Fsp3) is 0.364. The van der Waals surface area contributed by atoms with Crippen LogP contribution in [0.25, 0.3) is 0 Å². The van der Waals surface area contributed by atoms with Crippen molar-refractivity contribution < 1.29 is 13.2 Å². The molecule has 0 aromatic heterocycles. The molecule has 1 unspecified atom stereocenters. The van der Waals surface area contributed by atoms with Crippen molar-refractivity contribution in [2.45, 2.75) is 21.7 Å². The molecule has 0 aliphatic rings. The fourth-order valence-electron chi connectivity index (χ4n) is 1.29. The summed E-state index contributed by atoms with van der Waals surface area (Å²) in [5.41, 5.74) is 0.553. The minimum atomic E-state index is -3.70. The number of anilines is 1. The quantitative estimate of drug-likeness (QED) is 0.473. The zero-order valence-corrected chi connectivity index (χ0v) is 15.3. The predicted octanol–water partition coefficient (Wildman–Crippen LogP) is 2.29. The van der Waals surface area contributed by atoms with Crippen molar-refractivity contribution >= 4 is 66.8 Å². The maximum Gasteiger partial charge on any atom is 0.241 e. The molecule has 1 amide bonds. The van der Waals surface area contributed by atoms with Gasteiger partial charge in [-0.15, -0.1) is 0 Å². The van der Waals surface area contributed by atoms with Crippen LogP contribution in [0.15, 0.2) is 29.2 Å². The Kier molecular flexibility index (Phi) is 6.01. The zero-order valence-electron chi connectivity index (χ0n) is 10.2. The molecule has 8 heteroatoms. The van der Waals surface area contributed by atoms with Gasteiger partial charge in [-0.25, -0.2) is 13.6 Å². The number of carbonyl (C=O) groups is 1. The molecule has 19 heavy (non-hydrogen) atoms. The van der Waals surface area contributed by atoms with Crippen molar-refractivity contribution in [2.24, 2.45) is 5.14 Å². The summed E-state index contributed by atoms with van der Waals surface area (Å²) in [6.07, 6.45) is 0.720. The first kappa shape index (κ1) is 17.1. The topological polar surface area (TPSA) is 89.3 Å². The second kappa shape index (κ2) is 6.68. The number of hydrogen-bond acceptors (Lipinski definition) is 3. The Hall–Kier alpha value is 0.0600. The van der Waals surface area contributed by atoms with Crippen molar-refractivity contribution in [1.29, 1.82) is 0 Å². The van der Waals surface area contributed by atoms with Crippen LogP contribution in [0.5, 0.6) is 0 Å². The molecule has 0 radical (unpaired) electrons. The van der Waals surface area contributed by atoms with E-state index < -0.39 is 13.4 Å². The predicted molar refractivity (Wildman–Crippen MR) is 92.4 cm³/mol. The molecule has 0 heterocycles. The lowest BCUT2D eigenvalue weighted by molar-refractivity contribution is -0.117. The Morgan fingerprint density at radius 2 is 1.89 bits per heavy atom. The zero-order chi connectivity index (χ0) is 14.7. The van der Waals surface area contributed by atoms with E-state index >= 15 is 0 Å². The second-order valence-corrected chi connectivity index (χ2v) is 8.37. The lowest BCUT2D eigenvalue weighted by Gasteiger charge is -2.22. The third kappa shape index (κ3) is 4.53. The van der Waals surface area contributed by atoms with Crippen molar-refractivity contribution in [3.8, 4) is 0 Å². The van der Waals surface area contributed by atoms with Gasteiger partial charge in [-0.3, -0.25) is 4.79 Å². The Labute approximate surface area is 140 Å². The minimum Gasteiger partial charge on any atom is -0.325 e. The summed E-state index contributed by atoms with van der Waals surface area (Å²) in [5, 5.41) is 7.78. The number of sulfonamides is 1. The molecule has 106 valence electrons. The lowest BCUT2D eigenvalue weighted by atomic mass is 10.1. The highest BCUT2D eigenvalue weighted by Gasteiger charge is 2.32. The van der Waals surface area contributed by atoms with Gasteiger partial charge >= 0.3 is 0 Å². The first-order chi connectivity index (χ1) is 8.73. The van der Waals surface area contributed by atoms with Crippen LogP contribution in [-0.2, 0) is 14.8 Å². The van der Waals surface area contributed by atoms with E-state index in [0.717, 1.165) is 6.42 Å². The molecule has 1 rings (SSSR count). The van der Waals surface area contributed by atoms with Crippen molar-refractivity contribution in [3.05, 3.63) is 24.3 Å². The van der Waals surface area contributed by atoms with Crippen LogP contribution in [0.2, 0.25) is 0 Å². The molecule has 0 aliphatic carbocycles. The highest BCUT2D eigenvalue weighted by molar-refractivity contribution is 14.1. The van der Waals surface area contributed by atoms with E-state index in [1.165, 1.54) is 24.3 Å². The minimum absolute atomic E-state index is 0.0237. The van der Waals surface area contributed by atoms with Crippen LogP contribution in [0.1, 0.15) is 13.3 Å². The number of alkyl halides is 2. The Bertz CT molecular complexity index is 554. The number of rotatable bonds is 5. The van der Waals surface area contributed by atoms with Crippen LogP contribution < -0.4 is 10.5 Å². The smallest absolute Gasteiger partial charge is 0.241 e. The van der Waals surface area contributed by atoms with E-state index in [9.17, 15) is 13.2 Å². The Balaban J connectivity index is 2.88. The molecule has 0 aliphatic heterocycles. The van der Waals surface area contributed by atoms with Gasteiger partial charge in [-0.05, 0) is 30.7 Å². The van der Waals surface area contributed by atoms with E-state index in [4.69, 9.17) is 5.14 Å². The van der Waals surface area contributed by atoms with Gasteiger partial charge in [0.05, 0.1) is 4.90 Å². The summed E-state index contributed by atoms with van der Waals surface area (Å²) in [5.74, 6) is -0.0895. The van der Waals surface area contributed by atoms with E-state index in [-0.39, 0.29) is 10.8 Å². The maximum absolute atomic E-state index is 12.1. The standard InChI is InChI=1S/C11H14I2N2O3S/c1-2-11(13,7-12)10(16)15-8-3-5-9(6-4-8)19(14,17)18/h3-6H,2,7H2,1H3,(H,15,16)(H2,14,17,18). The SMILES string of the molecule is CCC(I)(CI)C(=O)Nc1ccc(S(N)(=O)=O)cc1. The molecule has 1 atom stereocenters. The van der Waals surface area contributed by atoms with Gasteiger partial charge in [0.25, 0.3) is 0 Å². The van der Waals surface area contributed by atoms with Gasteiger partial charge in [0, 0.05) is 10.1 Å². The van der Waals surface area contributed by atoms with Crippen molar-refractivity contribution in [2.75, 3.05) is 9.74 Å². The van der Waals surface area contributed by atoms with Crippen LogP contribution in [0, 0.1) is 0 Å². The summed E-state index contributed by atoms with van der Waals surface area (Å²) in [4.78, 5) is 12.1. The van der Waals surface area contributed by atoms with E-state index in [0.29, 0.717) is 10.1 Å². The monoisotopic (exact) mass is 508 g/mol. The first-order valence-corrected chi connectivity index (χ1v) is 9.57. The molecule has 0 bridgehead atoms. The van der Waals surface area contributed by atoms with Crippen LogP contribution in [0.4, 0.5) is 5.69 Å². The average Bonchev–Trinajstić information content (AvgIpc) is 2.37. The normalized spacial score (nSPS) is 14.7. The Morgan fingerprint density at radius 1 is 1.37 bits per heavy atom. The molecule has 0 spiro atoms. The summed E-state index contributed by atoms with van der Waals surface area (Å²) in [7, 11) is -3.70. The summed E-state index contributed by atoms with van der Waals surface area (Å²) in [6, 6.07) is 5.79. The summed E-state index contributed by atoms with van der Waals surface area (Å²) in [6.45, 7) is 1.95. The highest BCUT2D eigenvalue weighted by atomic mass is 127. The summed E-state index contributed by atoms with van der Waals surface area (Å²) >= 11 is 4.32. The average molecular weight is 508 g/mol. The number of hydrogen-bond donors (Lipinski definition) is 2. The van der Waals surface area contributed by atoms with Gasteiger partial charge in [-0.2, -0.15) is 0 Å². The molecule has 5 nitrogen and oxygen atoms in total. The number of amides is 1.